The van der Waals surface area contributed by atoms with Gasteiger partial charge in [-0.1, -0.05) is 19.1 Å². The average molecular weight is 458 g/mol. The SMILES string of the molecule is CCCNc1nccc(-c2c(-c3ccc(F)cc3)nc3n2[C@H](Cc2ccc(OC)cc2)CC3)n1. The summed E-state index contributed by atoms with van der Waals surface area (Å²) in [6.45, 7) is 2.91. The zero-order valence-corrected chi connectivity index (χ0v) is 19.5. The fraction of sp³-hybridized carbons (Fsp3) is 0.296. The van der Waals surface area contributed by atoms with E-state index in [0.29, 0.717) is 5.95 Å². The van der Waals surface area contributed by atoms with E-state index in [1.165, 1.54) is 17.7 Å². The molecule has 2 aromatic heterocycles. The Balaban J connectivity index is 1.58. The lowest BCUT2D eigenvalue weighted by Crippen LogP contribution is -2.11. The van der Waals surface area contributed by atoms with Gasteiger partial charge < -0.3 is 14.6 Å². The highest BCUT2D eigenvalue weighted by Crippen LogP contribution is 2.40. The second-order valence-electron chi connectivity index (χ2n) is 8.54. The van der Waals surface area contributed by atoms with Gasteiger partial charge in [-0.25, -0.2) is 19.3 Å². The Bertz CT molecular complexity index is 1270. The van der Waals surface area contributed by atoms with Crippen LogP contribution in [0.25, 0.3) is 22.6 Å². The maximum absolute atomic E-state index is 13.7. The Hall–Kier alpha value is -3.74. The van der Waals surface area contributed by atoms with Crippen LogP contribution in [0.1, 0.15) is 37.2 Å². The lowest BCUT2D eigenvalue weighted by Gasteiger charge is -2.18. The van der Waals surface area contributed by atoms with Crippen LogP contribution >= 0.6 is 0 Å². The van der Waals surface area contributed by atoms with Crippen molar-refractivity contribution in [3.63, 3.8) is 0 Å². The minimum Gasteiger partial charge on any atom is -0.497 e. The first-order chi connectivity index (χ1) is 16.7. The summed E-state index contributed by atoms with van der Waals surface area (Å²) in [5.41, 5.74) is 4.72. The number of aromatic nitrogens is 4. The molecule has 1 atom stereocenters. The molecule has 3 heterocycles. The molecule has 1 aliphatic rings. The van der Waals surface area contributed by atoms with Crippen molar-refractivity contribution in [2.45, 2.75) is 38.6 Å². The van der Waals surface area contributed by atoms with Crippen LogP contribution in [0.3, 0.4) is 0 Å². The van der Waals surface area contributed by atoms with Gasteiger partial charge in [-0.15, -0.1) is 0 Å². The molecule has 0 amide bonds. The summed E-state index contributed by atoms with van der Waals surface area (Å²) >= 11 is 0. The molecular formula is C27H28FN5O. The van der Waals surface area contributed by atoms with Gasteiger partial charge >= 0.3 is 0 Å². The summed E-state index contributed by atoms with van der Waals surface area (Å²) < 4.78 is 21.3. The standard InChI is InChI=1S/C27H28FN5O/c1-3-15-29-27-30-16-14-23(31-27)26-25(19-6-8-20(28)9-7-19)32-24-13-10-21(33(24)26)17-18-4-11-22(34-2)12-5-18/h4-9,11-12,14,16,21H,3,10,13,15,17H2,1-2H3,(H,29,30,31)/t21-/m0/s1. The van der Waals surface area contributed by atoms with Crippen LogP contribution in [-0.2, 0) is 12.8 Å². The zero-order chi connectivity index (χ0) is 23.5. The number of hydrogen-bond acceptors (Lipinski definition) is 5. The van der Waals surface area contributed by atoms with Gasteiger partial charge in [0.1, 0.15) is 17.4 Å². The molecule has 0 spiro atoms. The molecule has 0 saturated carbocycles. The minimum absolute atomic E-state index is 0.252. The van der Waals surface area contributed by atoms with Gasteiger partial charge in [0.05, 0.1) is 24.2 Å². The topological polar surface area (TPSA) is 64.9 Å². The zero-order valence-electron chi connectivity index (χ0n) is 19.5. The van der Waals surface area contributed by atoms with Crippen molar-refractivity contribution >= 4 is 5.95 Å². The number of hydrogen-bond donors (Lipinski definition) is 1. The highest BCUT2D eigenvalue weighted by molar-refractivity contribution is 5.78. The van der Waals surface area contributed by atoms with Crippen LogP contribution in [0, 0.1) is 5.82 Å². The number of imidazole rings is 1. The number of halogens is 1. The third-order valence-electron chi connectivity index (χ3n) is 6.23. The normalized spacial score (nSPS) is 14.7. The number of fused-ring (bicyclic) bond motifs is 1. The van der Waals surface area contributed by atoms with Crippen molar-refractivity contribution < 1.29 is 9.13 Å². The van der Waals surface area contributed by atoms with Gasteiger partial charge in [-0.3, -0.25) is 0 Å². The smallest absolute Gasteiger partial charge is 0.223 e. The predicted octanol–water partition coefficient (Wildman–Crippen LogP) is 5.71. The summed E-state index contributed by atoms with van der Waals surface area (Å²) in [5.74, 6) is 2.23. The first-order valence-corrected chi connectivity index (χ1v) is 11.7. The molecule has 1 aliphatic heterocycles. The maximum Gasteiger partial charge on any atom is 0.223 e. The first-order valence-electron chi connectivity index (χ1n) is 11.7. The van der Waals surface area contributed by atoms with E-state index in [1.54, 1.807) is 25.4 Å². The predicted molar refractivity (Wildman–Crippen MR) is 131 cm³/mol. The molecule has 0 unspecified atom stereocenters. The van der Waals surface area contributed by atoms with Crippen LogP contribution < -0.4 is 10.1 Å². The quantitative estimate of drug-likeness (QED) is 0.367. The van der Waals surface area contributed by atoms with Crippen molar-refractivity contribution in [2.24, 2.45) is 0 Å². The molecular weight excluding hydrogens is 429 g/mol. The summed E-state index contributed by atoms with van der Waals surface area (Å²) in [6, 6.07) is 16.9. The molecule has 0 radical (unpaired) electrons. The molecule has 6 nitrogen and oxygen atoms in total. The summed E-state index contributed by atoms with van der Waals surface area (Å²) in [5, 5.41) is 3.28. The van der Waals surface area contributed by atoms with Gasteiger partial charge in [-0.05, 0) is 67.3 Å². The molecule has 0 fully saturated rings. The molecule has 4 aromatic rings. The second kappa shape index (κ2) is 9.63. The number of nitrogens with zero attached hydrogens (tertiary/aromatic N) is 4. The molecule has 5 rings (SSSR count). The number of ether oxygens (including phenoxy) is 1. The molecule has 1 N–H and O–H groups in total. The number of rotatable bonds is 8. The number of nitrogens with one attached hydrogen (secondary N) is 1. The molecule has 7 heteroatoms. The fourth-order valence-electron chi connectivity index (χ4n) is 4.57. The van der Waals surface area contributed by atoms with Crippen LogP contribution in [-0.4, -0.2) is 33.2 Å². The Labute approximate surface area is 198 Å². The lowest BCUT2D eigenvalue weighted by atomic mass is 10.0. The monoisotopic (exact) mass is 457 g/mol. The Morgan fingerprint density at radius 3 is 2.59 bits per heavy atom. The van der Waals surface area contributed by atoms with E-state index >= 15 is 0 Å². The fourth-order valence-corrected chi connectivity index (χ4v) is 4.57. The van der Waals surface area contributed by atoms with Gasteiger partial charge in [-0.2, -0.15) is 0 Å². The van der Waals surface area contributed by atoms with Gasteiger partial charge in [0.15, 0.2) is 0 Å². The number of aryl methyl sites for hydroxylation is 1. The number of anilines is 1. The van der Waals surface area contributed by atoms with Crippen molar-refractivity contribution in [3.8, 4) is 28.4 Å². The first kappa shape index (κ1) is 22.1. The van der Waals surface area contributed by atoms with Gasteiger partial charge in [0.2, 0.25) is 5.95 Å². The molecule has 0 aliphatic carbocycles. The Kier molecular flexibility index (Phi) is 6.25. The van der Waals surface area contributed by atoms with Crippen molar-refractivity contribution in [3.05, 3.63) is 78.0 Å². The molecule has 174 valence electrons. The van der Waals surface area contributed by atoms with E-state index in [4.69, 9.17) is 14.7 Å². The van der Waals surface area contributed by atoms with Crippen molar-refractivity contribution in [1.29, 1.82) is 0 Å². The molecule has 0 saturated heterocycles. The minimum atomic E-state index is -0.262. The summed E-state index contributed by atoms with van der Waals surface area (Å²) in [7, 11) is 1.68. The van der Waals surface area contributed by atoms with Crippen LogP contribution in [0.15, 0.2) is 60.8 Å². The number of benzene rings is 2. The van der Waals surface area contributed by atoms with E-state index in [9.17, 15) is 4.39 Å². The molecule has 2 aromatic carbocycles. The number of methoxy groups -OCH3 is 1. The largest absolute Gasteiger partial charge is 0.497 e. The van der Waals surface area contributed by atoms with E-state index in [0.717, 1.165) is 66.4 Å². The molecule has 34 heavy (non-hydrogen) atoms. The van der Waals surface area contributed by atoms with Crippen molar-refractivity contribution in [1.82, 2.24) is 19.5 Å². The Morgan fingerprint density at radius 1 is 1.06 bits per heavy atom. The lowest BCUT2D eigenvalue weighted by molar-refractivity contribution is 0.414. The Morgan fingerprint density at radius 2 is 1.85 bits per heavy atom. The van der Waals surface area contributed by atoms with Crippen molar-refractivity contribution in [2.75, 3.05) is 19.0 Å². The second-order valence-corrected chi connectivity index (χ2v) is 8.54. The van der Waals surface area contributed by atoms with E-state index in [1.807, 2.05) is 18.2 Å². The highest BCUT2D eigenvalue weighted by Gasteiger charge is 2.31. The van der Waals surface area contributed by atoms with Crippen LogP contribution in [0.2, 0.25) is 0 Å². The van der Waals surface area contributed by atoms with Gasteiger partial charge in [0, 0.05) is 30.8 Å². The van der Waals surface area contributed by atoms with Gasteiger partial charge in [0.25, 0.3) is 0 Å². The van der Waals surface area contributed by atoms with Crippen LogP contribution in [0.4, 0.5) is 10.3 Å². The third kappa shape index (κ3) is 4.38. The summed E-state index contributed by atoms with van der Waals surface area (Å²) in [4.78, 5) is 14.2. The van der Waals surface area contributed by atoms with Crippen LogP contribution in [0.5, 0.6) is 5.75 Å². The van der Waals surface area contributed by atoms with E-state index in [2.05, 4.69) is 33.9 Å². The maximum atomic E-state index is 13.7. The highest BCUT2D eigenvalue weighted by atomic mass is 19.1. The van der Waals surface area contributed by atoms with E-state index in [-0.39, 0.29) is 11.9 Å². The summed E-state index contributed by atoms with van der Waals surface area (Å²) in [6.07, 6.45) is 5.55. The average Bonchev–Trinajstić information content (AvgIpc) is 3.44. The molecule has 0 bridgehead atoms. The third-order valence-corrected chi connectivity index (χ3v) is 6.23. The van der Waals surface area contributed by atoms with E-state index < -0.39 is 0 Å².